The van der Waals surface area contributed by atoms with Crippen LogP contribution in [-0.4, -0.2) is 40.3 Å². The Labute approximate surface area is 186 Å². The van der Waals surface area contributed by atoms with Gasteiger partial charge in [0.2, 0.25) is 0 Å². The first-order valence-electron chi connectivity index (χ1n) is 9.09. The van der Waals surface area contributed by atoms with Crippen molar-refractivity contribution in [2.45, 2.75) is 13.5 Å². The summed E-state index contributed by atoms with van der Waals surface area (Å²) in [6.45, 7) is 1.49. The highest BCUT2D eigenvalue weighted by atomic mass is 35.5. The minimum Gasteiger partial charge on any atom is -0.490 e. The Morgan fingerprint density at radius 2 is 1.97 bits per heavy atom. The van der Waals surface area contributed by atoms with E-state index in [2.05, 4.69) is 0 Å². The molecule has 0 atom stereocenters. The summed E-state index contributed by atoms with van der Waals surface area (Å²) in [4.78, 5) is 37.0. The van der Waals surface area contributed by atoms with E-state index in [1.54, 1.807) is 19.1 Å². The fourth-order valence-electron chi connectivity index (χ4n) is 2.75. The summed E-state index contributed by atoms with van der Waals surface area (Å²) >= 11 is 6.78. The number of benzene rings is 2. The molecule has 1 aliphatic rings. The lowest BCUT2D eigenvalue weighted by molar-refractivity contribution is -0.139. The van der Waals surface area contributed by atoms with E-state index in [4.69, 9.17) is 26.2 Å². The maximum absolute atomic E-state index is 13.2. The van der Waals surface area contributed by atoms with Gasteiger partial charge in [0.25, 0.3) is 11.1 Å². The third-order valence-electron chi connectivity index (χ3n) is 4.13. The van der Waals surface area contributed by atoms with Crippen molar-refractivity contribution < 1.29 is 33.4 Å². The van der Waals surface area contributed by atoms with Crippen LogP contribution >= 0.6 is 23.4 Å². The number of hydrogen-bond donors (Lipinski definition) is 1. The van der Waals surface area contributed by atoms with E-state index in [1.807, 2.05) is 0 Å². The number of thioether (sulfide) groups is 1. The van der Waals surface area contributed by atoms with Gasteiger partial charge in [-0.25, -0.2) is 9.18 Å². The van der Waals surface area contributed by atoms with Crippen molar-refractivity contribution in [1.82, 2.24) is 4.90 Å². The second-order valence-electron chi connectivity index (χ2n) is 6.33. The number of amides is 2. The van der Waals surface area contributed by atoms with Crippen molar-refractivity contribution in [3.8, 4) is 11.5 Å². The van der Waals surface area contributed by atoms with Gasteiger partial charge in [-0.15, -0.1) is 0 Å². The summed E-state index contributed by atoms with van der Waals surface area (Å²) in [6.07, 6.45) is 1.53. The van der Waals surface area contributed by atoms with Crippen LogP contribution in [0.3, 0.4) is 0 Å². The molecule has 7 nitrogen and oxygen atoms in total. The Bertz CT molecular complexity index is 1070. The van der Waals surface area contributed by atoms with Crippen LogP contribution in [0.15, 0.2) is 41.3 Å². The average Bonchev–Trinajstić information content (AvgIpc) is 2.96. The molecule has 0 radical (unpaired) electrons. The molecule has 2 aromatic carbocycles. The molecule has 162 valence electrons. The Kier molecular flexibility index (Phi) is 7.19. The van der Waals surface area contributed by atoms with E-state index in [0.29, 0.717) is 23.5 Å². The third kappa shape index (κ3) is 5.56. The zero-order valence-electron chi connectivity index (χ0n) is 16.3. The number of carbonyl (C=O) groups is 3. The first-order valence-corrected chi connectivity index (χ1v) is 10.3. The number of nitrogens with zero attached hydrogens (tertiary/aromatic N) is 1. The molecule has 31 heavy (non-hydrogen) atoms. The number of halogens is 2. The molecule has 2 aromatic rings. The first-order chi connectivity index (χ1) is 14.8. The fourth-order valence-corrected chi connectivity index (χ4v) is 3.81. The summed E-state index contributed by atoms with van der Waals surface area (Å²) in [6, 6.07) is 8.49. The smallest absolute Gasteiger partial charge is 0.341 e. The Morgan fingerprint density at radius 3 is 2.65 bits per heavy atom. The maximum Gasteiger partial charge on any atom is 0.341 e. The number of aliphatic carboxylic acids is 1. The van der Waals surface area contributed by atoms with Gasteiger partial charge >= 0.3 is 5.97 Å². The molecule has 1 fully saturated rings. The van der Waals surface area contributed by atoms with E-state index >= 15 is 0 Å². The molecule has 0 spiro atoms. The highest BCUT2D eigenvalue weighted by Crippen LogP contribution is 2.36. The van der Waals surface area contributed by atoms with Crippen LogP contribution in [0.25, 0.3) is 6.08 Å². The zero-order valence-corrected chi connectivity index (χ0v) is 17.8. The van der Waals surface area contributed by atoms with Gasteiger partial charge in [0.1, 0.15) is 5.82 Å². The molecule has 0 aliphatic carbocycles. The van der Waals surface area contributed by atoms with Crippen molar-refractivity contribution >= 4 is 46.6 Å². The molecule has 3 rings (SSSR count). The lowest BCUT2D eigenvalue weighted by Crippen LogP contribution is -2.27. The van der Waals surface area contributed by atoms with Crippen molar-refractivity contribution in [3.05, 3.63) is 63.3 Å². The van der Waals surface area contributed by atoms with Crippen molar-refractivity contribution in [1.29, 1.82) is 0 Å². The SMILES string of the molecule is CCOc1cc(/C=C2\SC(=O)N(Cc3ccc(F)cc3Cl)C2=O)ccc1OCC(=O)O. The van der Waals surface area contributed by atoms with Gasteiger partial charge in [-0.05, 0) is 60.2 Å². The predicted octanol–water partition coefficient (Wildman–Crippen LogP) is 4.58. The molecule has 0 bridgehead atoms. The second kappa shape index (κ2) is 9.84. The average molecular weight is 466 g/mol. The minimum absolute atomic E-state index is 0.0761. The van der Waals surface area contributed by atoms with E-state index in [0.717, 1.165) is 22.7 Å². The molecule has 0 unspecified atom stereocenters. The molecule has 1 heterocycles. The highest BCUT2D eigenvalue weighted by molar-refractivity contribution is 8.18. The van der Waals surface area contributed by atoms with Crippen molar-refractivity contribution in [2.75, 3.05) is 13.2 Å². The van der Waals surface area contributed by atoms with Gasteiger partial charge in [-0.2, -0.15) is 0 Å². The van der Waals surface area contributed by atoms with E-state index < -0.39 is 29.5 Å². The van der Waals surface area contributed by atoms with Crippen LogP contribution in [0.2, 0.25) is 5.02 Å². The normalized spacial score (nSPS) is 14.9. The number of ether oxygens (including phenoxy) is 2. The van der Waals surface area contributed by atoms with Gasteiger partial charge in [-0.3, -0.25) is 14.5 Å². The number of carboxylic acid groups (broad SMARTS) is 1. The summed E-state index contributed by atoms with van der Waals surface area (Å²) in [5.41, 5.74) is 1.02. The van der Waals surface area contributed by atoms with E-state index in [-0.39, 0.29) is 22.2 Å². The molecule has 1 saturated heterocycles. The van der Waals surface area contributed by atoms with Crippen LogP contribution in [0, 0.1) is 5.82 Å². The predicted molar refractivity (Wildman–Crippen MR) is 114 cm³/mol. The maximum atomic E-state index is 13.2. The topological polar surface area (TPSA) is 93.1 Å². The van der Waals surface area contributed by atoms with Crippen molar-refractivity contribution in [3.63, 3.8) is 0 Å². The number of rotatable bonds is 8. The summed E-state index contributed by atoms with van der Waals surface area (Å²) in [5, 5.41) is 8.43. The van der Waals surface area contributed by atoms with E-state index in [9.17, 15) is 18.8 Å². The first kappa shape index (κ1) is 22.6. The molecule has 0 saturated carbocycles. The Balaban J connectivity index is 1.81. The third-order valence-corrected chi connectivity index (χ3v) is 5.39. The fraction of sp³-hybridized carbons (Fsp3) is 0.190. The molecule has 0 aromatic heterocycles. The lowest BCUT2D eigenvalue weighted by atomic mass is 10.1. The number of carboxylic acids is 1. The quantitative estimate of drug-likeness (QED) is 0.570. The molecular weight excluding hydrogens is 449 g/mol. The minimum atomic E-state index is -1.12. The van der Waals surface area contributed by atoms with Gasteiger partial charge in [0, 0.05) is 5.02 Å². The zero-order chi connectivity index (χ0) is 22.5. The van der Waals surface area contributed by atoms with Gasteiger partial charge in [0.15, 0.2) is 18.1 Å². The number of carbonyl (C=O) groups excluding carboxylic acids is 2. The van der Waals surface area contributed by atoms with Gasteiger partial charge in [-0.1, -0.05) is 23.7 Å². The van der Waals surface area contributed by atoms with Crippen LogP contribution in [-0.2, 0) is 16.1 Å². The Hall–Kier alpha value is -3.04. The summed E-state index contributed by atoms with van der Waals surface area (Å²) < 4.78 is 23.9. The molecule has 1 N–H and O–H groups in total. The molecule has 1 aliphatic heterocycles. The highest BCUT2D eigenvalue weighted by Gasteiger charge is 2.35. The van der Waals surface area contributed by atoms with Crippen LogP contribution in [0.5, 0.6) is 11.5 Å². The second-order valence-corrected chi connectivity index (χ2v) is 7.73. The van der Waals surface area contributed by atoms with Crippen LogP contribution < -0.4 is 9.47 Å². The number of hydrogen-bond acceptors (Lipinski definition) is 6. The van der Waals surface area contributed by atoms with Crippen molar-refractivity contribution in [2.24, 2.45) is 0 Å². The molecular formula is C21H17ClFNO6S. The number of imide groups is 1. The molecule has 2 amide bonds. The summed E-state index contributed by atoms with van der Waals surface area (Å²) in [5.74, 6) is -1.57. The Morgan fingerprint density at radius 1 is 1.19 bits per heavy atom. The van der Waals surface area contributed by atoms with Crippen LogP contribution in [0.4, 0.5) is 9.18 Å². The van der Waals surface area contributed by atoms with Crippen LogP contribution in [0.1, 0.15) is 18.1 Å². The monoisotopic (exact) mass is 465 g/mol. The lowest BCUT2D eigenvalue weighted by Gasteiger charge is -2.13. The largest absolute Gasteiger partial charge is 0.490 e. The van der Waals surface area contributed by atoms with E-state index in [1.165, 1.54) is 24.3 Å². The van der Waals surface area contributed by atoms with Gasteiger partial charge in [0.05, 0.1) is 18.1 Å². The summed E-state index contributed by atoms with van der Waals surface area (Å²) in [7, 11) is 0. The van der Waals surface area contributed by atoms with Gasteiger partial charge < -0.3 is 14.6 Å². The molecule has 10 heteroatoms. The standard InChI is InChI=1S/C21H17ClFNO6S/c1-2-29-17-7-12(3-6-16(17)30-11-19(25)26)8-18-20(27)24(21(28)31-18)10-13-4-5-14(23)9-15(13)22/h3-9H,2,10-11H2,1H3,(H,25,26)/b18-8-.